The smallest absolute Gasteiger partial charge is 0.315 e. The first-order chi connectivity index (χ1) is 9.58. The molecule has 0 bridgehead atoms. The van der Waals surface area contributed by atoms with Crippen LogP contribution in [0.2, 0.25) is 0 Å². The number of carbonyl (C=O) groups excluding carboxylic acids is 2. The van der Waals surface area contributed by atoms with Crippen LogP contribution in [0.1, 0.15) is 11.3 Å². The van der Waals surface area contributed by atoms with E-state index >= 15 is 0 Å². The Hall–Kier alpha value is -3.14. The summed E-state index contributed by atoms with van der Waals surface area (Å²) >= 11 is 0. The van der Waals surface area contributed by atoms with E-state index in [1.54, 1.807) is 25.1 Å². The second-order valence-electron chi connectivity index (χ2n) is 3.92. The minimum absolute atomic E-state index is 0.161. The highest BCUT2D eigenvalue weighted by Crippen LogP contribution is 2.10. The Morgan fingerprint density at radius 3 is 2.65 bits per heavy atom. The number of carbonyl (C=O) groups is 2. The molecule has 7 nitrogen and oxygen atoms in total. The number of nitrogens with zero attached hydrogens (tertiary/aromatic N) is 2. The zero-order valence-corrected chi connectivity index (χ0v) is 10.5. The molecule has 0 atom stereocenters. The Balaban J connectivity index is 2.00. The first-order valence-electron chi connectivity index (χ1n) is 5.64. The molecule has 7 heteroatoms. The third kappa shape index (κ3) is 3.20. The van der Waals surface area contributed by atoms with Crippen LogP contribution in [0.5, 0.6) is 0 Å². The number of hydrogen-bond acceptors (Lipinski definition) is 5. The molecule has 1 aromatic carbocycles. The third-order valence-corrected chi connectivity index (χ3v) is 2.33. The Kier molecular flexibility index (Phi) is 3.77. The second kappa shape index (κ2) is 5.67. The number of benzene rings is 1. The number of nitrogens with one attached hydrogen (secondary N) is 2. The molecule has 1 aromatic heterocycles. The van der Waals surface area contributed by atoms with Gasteiger partial charge in [-0.05, 0) is 25.1 Å². The molecule has 0 aliphatic carbocycles. The summed E-state index contributed by atoms with van der Waals surface area (Å²) in [6, 6.07) is 9.66. The summed E-state index contributed by atoms with van der Waals surface area (Å²) < 4.78 is 4.76. The van der Waals surface area contributed by atoms with E-state index < -0.39 is 11.8 Å². The van der Waals surface area contributed by atoms with Crippen molar-refractivity contribution in [2.75, 3.05) is 10.6 Å². The van der Waals surface area contributed by atoms with Gasteiger partial charge in [0.15, 0.2) is 5.82 Å². The van der Waals surface area contributed by atoms with Crippen LogP contribution < -0.4 is 10.6 Å². The lowest BCUT2D eigenvalue weighted by Crippen LogP contribution is -2.29. The number of aromatic nitrogens is 1. The van der Waals surface area contributed by atoms with Gasteiger partial charge in [-0.3, -0.25) is 14.9 Å². The molecule has 0 spiro atoms. The molecule has 2 rings (SSSR count). The van der Waals surface area contributed by atoms with Crippen LogP contribution in [-0.4, -0.2) is 17.0 Å². The monoisotopic (exact) mass is 270 g/mol. The van der Waals surface area contributed by atoms with Gasteiger partial charge in [0.2, 0.25) is 0 Å². The zero-order valence-electron chi connectivity index (χ0n) is 10.5. The first kappa shape index (κ1) is 13.3. The molecular formula is C13H10N4O3. The molecule has 0 radical (unpaired) electrons. The summed E-state index contributed by atoms with van der Waals surface area (Å²) in [7, 11) is 0. The van der Waals surface area contributed by atoms with Gasteiger partial charge in [-0.15, -0.1) is 0 Å². The molecule has 2 N–H and O–H groups in total. The van der Waals surface area contributed by atoms with Crippen molar-refractivity contribution in [1.82, 2.24) is 5.16 Å². The van der Waals surface area contributed by atoms with E-state index in [-0.39, 0.29) is 5.82 Å². The molecule has 100 valence electrons. The Morgan fingerprint density at radius 2 is 2.00 bits per heavy atom. The fourth-order valence-corrected chi connectivity index (χ4v) is 1.45. The summed E-state index contributed by atoms with van der Waals surface area (Å²) in [4.78, 5) is 23.3. The maximum atomic E-state index is 11.7. The summed E-state index contributed by atoms with van der Waals surface area (Å²) in [6.45, 7) is 1.66. The van der Waals surface area contributed by atoms with Crippen molar-refractivity contribution >= 4 is 23.3 Å². The minimum Gasteiger partial charge on any atom is -0.360 e. The van der Waals surface area contributed by atoms with Crippen molar-refractivity contribution in [3.05, 3.63) is 41.7 Å². The predicted octanol–water partition coefficient (Wildman–Crippen LogP) is 1.43. The number of anilines is 2. The molecule has 2 amide bonds. The largest absolute Gasteiger partial charge is 0.360 e. The van der Waals surface area contributed by atoms with Crippen molar-refractivity contribution in [3.63, 3.8) is 0 Å². The fourth-order valence-electron chi connectivity index (χ4n) is 1.45. The minimum atomic E-state index is -0.874. The number of aryl methyl sites for hydroxylation is 1. The van der Waals surface area contributed by atoms with Gasteiger partial charge in [0.25, 0.3) is 0 Å². The van der Waals surface area contributed by atoms with Crippen LogP contribution in [0.15, 0.2) is 34.9 Å². The summed E-state index contributed by atoms with van der Waals surface area (Å²) in [6.07, 6.45) is 0. The maximum absolute atomic E-state index is 11.7. The van der Waals surface area contributed by atoms with Crippen LogP contribution in [0.3, 0.4) is 0 Å². The van der Waals surface area contributed by atoms with Gasteiger partial charge in [0.1, 0.15) is 5.76 Å². The number of nitriles is 1. The van der Waals surface area contributed by atoms with E-state index in [4.69, 9.17) is 9.78 Å². The summed E-state index contributed by atoms with van der Waals surface area (Å²) in [5, 5.41) is 17.0. The van der Waals surface area contributed by atoms with Gasteiger partial charge in [-0.1, -0.05) is 11.2 Å². The van der Waals surface area contributed by atoms with Gasteiger partial charge < -0.3 is 9.84 Å². The van der Waals surface area contributed by atoms with Crippen molar-refractivity contribution in [3.8, 4) is 6.07 Å². The number of rotatable bonds is 2. The van der Waals surface area contributed by atoms with Crippen molar-refractivity contribution < 1.29 is 14.1 Å². The Bertz CT molecular complexity index is 700. The zero-order chi connectivity index (χ0) is 14.5. The highest BCUT2D eigenvalue weighted by molar-refractivity contribution is 6.43. The molecule has 0 unspecified atom stereocenters. The molecule has 0 aliphatic heterocycles. The number of amides is 2. The lowest BCUT2D eigenvalue weighted by Gasteiger charge is -2.04. The standard InChI is InChI=1S/C13H10N4O3/c1-8-5-11(17-20-8)16-13(19)12(18)15-10-4-2-3-9(6-10)7-14/h2-6H,1H3,(H,15,18)(H,16,17,19). The van der Waals surface area contributed by atoms with E-state index in [2.05, 4.69) is 15.8 Å². The van der Waals surface area contributed by atoms with Crippen molar-refractivity contribution in [2.45, 2.75) is 6.92 Å². The second-order valence-corrected chi connectivity index (χ2v) is 3.92. The van der Waals surface area contributed by atoms with Gasteiger partial charge in [0.05, 0.1) is 11.6 Å². The maximum Gasteiger partial charge on any atom is 0.315 e. The summed E-state index contributed by atoms with van der Waals surface area (Å²) in [5.74, 6) is -1.06. The fraction of sp³-hybridized carbons (Fsp3) is 0.0769. The van der Waals surface area contributed by atoms with E-state index in [0.717, 1.165) is 0 Å². The quantitative estimate of drug-likeness (QED) is 0.802. The van der Waals surface area contributed by atoms with Crippen LogP contribution in [0.4, 0.5) is 11.5 Å². The third-order valence-electron chi connectivity index (χ3n) is 2.33. The van der Waals surface area contributed by atoms with Gasteiger partial charge in [-0.25, -0.2) is 0 Å². The molecule has 0 aliphatic rings. The van der Waals surface area contributed by atoms with E-state index in [1.807, 2.05) is 6.07 Å². The average molecular weight is 270 g/mol. The van der Waals surface area contributed by atoms with E-state index in [9.17, 15) is 9.59 Å². The van der Waals surface area contributed by atoms with E-state index in [0.29, 0.717) is 17.0 Å². The van der Waals surface area contributed by atoms with Crippen LogP contribution in [-0.2, 0) is 9.59 Å². The van der Waals surface area contributed by atoms with Crippen molar-refractivity contribution in [1.29, 1.82) is 5.26 Å². The van der Waals surface area contributed by atoms with E-state index in [1.165, 1.54) is 12.1 Å². The molecule has 1 heterocycles. The number of hydrogen-bond donors (Lipinski definition) is 2. The molecule has 2 aromatic rings. The molecule has 20 heavy (non-hydrogen) atoms. The predicted molar refractivity (Wildman–Crippen MR) is 69.7 cm³/mol. The van der Waals surface area contributed by atoms with Gasteiger partial charge >= 0.3 is 11.8 Å². The highest BCUT2D eigenvalue weighted by atomic mass is 16.5. The first-order valence-corrected chi connectivity index (χ1v) is 5.64. The van der Waals surface area contributed by atoms with Crippen LogP contribution in [0, 0.1) is 18.3 Å². The molecular weight excluding hydrogens is 260 g/mol. The lowest BCUT2D eigenvalue weighted by molar-refractivity contribution is -0.133. The van der Waals surface area contributed by atoms with Gasteiger partial charge in [0, 0.05) is 11.8 Å². The van der Waals surface area contributed by atoms with Gasteiger partial charge in [-0.2, -0.15) is 5.26 Å². The molecule has 0 saturated carbocycles. The Morgan fingerprint density at radius 1 is 1.25 bits per heavy atom. The highest BCUT2D eigenvalue weighted by Gasteiger charge is 2.15. The lowest BCUT2D eigenvalue weighted by atomic mass is 10.2. The topological polar surface area (TPSA) is 108 Å². The normalized spacial score (nSPS) is 9.60. The molecule has 0 saturated heterocycles. The van der Waals surface area contributed by atoms with Crippen molar-refractivity contribution in [2.24, 2.45) is 0 Å². The summed E-state index contributed by atoms with van der Waals surface area (Å²) in [5.41, 5.74) is 0.746. The Labute approximate surface area is 114 Å². The SMILES string of the molecule is Cc1cc(NC(=O)C(=O)Nc2cccc(C#N)c2)no1. The molecule has 0 fully saturated rings. The van der Waals surface area contributed by atoms with Crippen LogP contribution >= 0.6 is 0 Å². The van der Waals surface area contributed by atoms with Crippen LogP contribution in [0.25, 0.3) is 0 Å². The average Bonchev–Trinajstić information content (AvgIpc) is 2.84.